The summed E-state index contributed by atoms with van der Waals surface area (Å²) in [5.41, 5.74) is 3.68. The molecule has 0 amide bonds. The lowest BCUT2D eigenvalue weighted by molar-refractivity contribution is 0.407. The summed E-state index contributed by atoms with van der Waals surface area (Å²) >= 11 is 3.43. The predicted molar refractivity (Wildman–Crippen MR) is 114 cm³/mol. The number of aromatic nitrogens is 3. The number of methoxy groups -OCH3 is 1. The van der Waals surface area contributed by atoms with E-state index in [-0.39, 0.29) is 6.04 Å². The summed E-state index contributed by atoms with van der Waals surface area (Å²) in [4.78, 5) is 4.53. The maximum absolute atomic E-state index is 5.54. The number of nitrogens with one attached hydrogen (secondary N) is 1. The monoisotopic (exact) mass is 410 g/mol. The Morgan fingerprint density at radius 2 is 2.14 bits per heavy atom. The molecular weight excluding hydrogens is 388 g/mol. The highest BCUT2D eigenvalue weighted by molar-refractivity contribution is 7.09. The molecule has 4 aromatic rings. The van der Waals surface area contributed by atoms with Crippen molar-refractivity contribution in [3.8, 4) is 5.75 Å². The highest BCUT2D eigenvalue weighted by Gasteiger charge is 2.15. The van der Waals surface area contributed by atoms with Crippen molar-refractivity contribution in [2.24, 2.45) is 0 Å². The normalized spacial score (nSPS) is 12.2. The number of hydrogen-bond donors (Lipinski definition) is 1. The van der Waals surface area contributed by atoms with Crippen molar-refractivity contribution >= 4 is 22.7 Å². The highest BCUT2D eigenvalue weighted by atomic mass is 32.1. The Hall–Kier alpha value is -2.48. The van der Waals surface area contributed by atoms with Gasteiger partial charge in [-0.1, -0.05) is 6.07 Å². The summed E-state index contributed by atoms with van der Waals surface area (Å²) in [7, 11) is 1.71. The standard InChI is InChI=1S/C21H22N4OS2/c1-26-20-4-3-16(11-18(20)14-25-8-2-6-24-25)13-23-19(21-22-7-10-28-21)12-17-5-9-27-15-17/h2-11,15,19,23H,12-14H2,1H3/t19-/m1/s1. The molecule has 0 aliphatic heterocycles. The van der Waals surface area contributed by atoms with Crippen LogP contribution in [0.4, 0.5) is 0 Å². The molecule has 0 fully saturated rings. The van der Waals surface area contributed by atoms with Gasteiger partial charge in [0.25, 0.3) is 0 Å². The summed E-state index contributed by atoms with van der Waals surface area (Å²) in [6.07, 6.45) is 6.57. The molecule has 0 saturated heterocycles. The first kappa shape index (κ1) is 18.9. The predicted octanol–water partition coefficient (Wildman–Crippen LogP) is 4.53. The fraction of sp³-hybridized carbons (Fsp3) is 0.238. The van der Waals surface area contributed by atoms with Crippen LogP contribution in [-0.2, 0) is 19.5 Å². The van der Waals surface area contributed by atoms with Crippen molar-refractivity contribution in [3.63, 3.8) is 0 Å². The molecule has 0 unspecified atom stereocenters. The Balaban J connectivity index is 1.49. The molecule has 0 bridgehead atoms. The average molecular weight is 411 g/mol. The van der Waals surface area contributed by atoms with Gasteiger partial charge in [-0.15, -0.1) is 11.3 Å². The molecule has 0 saturated carbocycles. The van der Waals surface area contributed by atoms with Crippen LogP contribution in [0.5, 0.6) is 5.75 Å². The lowest BCUT2D eigenvalue weighted by Crippen LogP contribution is -2.23. The first-order valence-corrected chi connectivity index (χ1v) is 10.9. The third-order valence-electron chi connectivity index (χ3n) is 4.56. The van der Waals surface area contributed by atoms with Crippen molar-refractivity contribution in [3.05, 3.63) is 86.8 Å². The van der Waals surface area contributed by atoms with Crippen LogP contribution in [0.25, 0.3) is 0 Å². The minimum atomic E-state index is 0.200. The number of ether oxygens (including phenoxy) is 1. The second kappa shape index (κ2) is 9.14. The largest absolute Gasteiger partial charge is 0.496 e. The third-order valence-corrected chi connectivity index (χ3v) is 6.18. The van der Waals surface area contributed by atoms with Gasteiger partial charge in [0.1, 0.15) is 10.8 Å². The Morgan fingerprint density at radius 3 is 2.86 bits per heavy atom. The summed E-state index contributed by atoms with van der Waals surface area (Å²) < 4.78 is 7.44. The second-order valence-corrected chi connectivity index (χ2v) is 8.20. The Bertz CT molecular complexity index is 966. The maximum Gasteiger partial charge on any atom is 0.123 e. The number of hydrogen-bond acceptors (Lipinski definition) is 6. The van der Waals surface area contributed by atoms with Gasteiger partial charge in [0, 0.05) is 36.1 Å². The molecule has 5 nitrogen and oxygen atoms in total. The van der Waals surface area contributed by atoms with Gasteiger partial charge in [-0.05, 0) is 52.6 Å². The van der Waals surface area contributed by atoms with Gasteiger partial charge in [-0.25, -0.2) is 4.98 Å². The molecule has 0 spiro atoms. The molecule has 0 radical (unpaired) electrons. The summed E-state index contributed by atoms with van der Waals surface area (Å²) in [5.74, 6) is 0.883. The smallest absolute Gasteiger partial charge is 0.123 e. The molecule has 3 aromatic heterocycles. The zero-order valence-corrected chi connectivity index (χ0v) is 17.2. The Kier molecular flexibility index (Phi) is 6.16. The van der Waals surface area contributed by atoms with Crippen LogP contribution in [0.15, 0.2) is 65.1 Å². The van der Waals surface area contributed by atoms with Crippen molar-refractivity contribution in [2.75, 3.05) is 7.11 Å². The van der Waals surface area contributed by atoms with Crippen LogP contribution in [0, 0.1) is 0 Å². The maximum atomic E-state index is 5.54. The van der Waals surface area contributed by atoms with Gasteiger partial charge in [0.05, 0.1) is 19.7 Å². The van der Waals surface area contributed by atoms with E-state index in [4.69, 9.17) is 4.74 Å². The molecular formula is C21H22N4OS2. The van der Waals surface area contributed by atoms with Crippen molar-refractivity contribution in [1.82, 2.24) is 20.1 Å². The van der Waals surface area contributed by atoms with Crippen LogP contribution in [0.2, 0.25) is 0 Å². The molecule has 0 aliphatic rings. The van der Waals surface area contributed by atoms with Gasteiger partial charge < -0.3 is 10.1 Å². The van der Waals surface area contributed by atoms with Crippen LogP contribution < -0.4 is 10.1 Å². The molecule has 144 valence electrons. The average Bonchev–Trinajstić information content (AvgIpc) is 3.49. The van der Waals surface area contributed by atoms with Crippen LogP contribution in [0.1, 0.15) is 27.7 Å². The van der Waals surface area contributed by atoms with Crippen molar-refractivity contribution < 1.29 is 4.74 Å². The van der Waals surface area contributed by atoms with Gasteiger partial charge in [-0.3, -0.25) is 4.68 Å². The molecule has 1 atom stereocenters. The Labute approximate surface area is 172 Å². The van der Waals surface area contributed by atoms with E-state index < -0.39 is 0 Å². The minimum Gasteiger partial charge on any atom is -0.496 e. The zero-order chi connectivity index (χ0) is 19.2. The Morgan fingerprint density at radius 1 is 1.18 bits per heavy atom. The van der Waals surface area contributed by atoms with E-state index in [1.54, 1.807) is 36.0 Å². The van der Waals surface area contributed by atoms with Gasteiger partial charge in [-0.2, -0.15) is 16.4 Å². The van der Waals surface area contributed by atoms with Gasteiger partial charge in [0.2, 0.25) is 0 Å². The number of nitrogens with zero attached hydrogens (tertiary/aromatic N) is 3. The van der Waals surface area contributed by atoms with E-state index >= 15 is 0 Å². The van der Waals surface area contributed by atoms with E-state index in [0.717, 1.165) is 29.3 Å². The number of thiophene rings is 1. The first-order valence-electron chi connectivity index (χ1n) is 9.09. The molecule has 1 N–H and O–H groups in total. The molecule has 7 heteroatoms. The molecule has 1 aromatic carbocycles. The molecule has 28 heavy (non-hydrogen) atoms. The lowest BCUT2D eigenvalue weighted by atomic mass is 10.1. The highest BCUT2D eigenvalue weighted by Crippen LogP contribution is 2.24. The number of rotatable bonds is 9. The minimum absolute atomic E-state index is 0.200. The van der Waals surface area contributed by atoms with E-state index in [2.05, 4.69) is 44.4 Å². The fourth-order valence-electron chi connectivity index (χ4n) is 3.17. The summed E-state index contributed by atoms with van der Waals surface area (Å²) in [6.45, 7) is 1.46. The first-order chi connectivity index (χ1) is 13.8. The number of thiazole rings is 1. The lowest BCUT2D eigenvalue weighted by Gasteiger charge is -2.17. The quantitative estimate of drug-likeness (QED) is 0.440. The van der Waals surface area contributed by atoms with Crippen LogP contribution >= 0.6 is 22.7 Å². The van der Waals surface area contributed by atoms with E-state index in [9.17, 15) is 0 Å². The number of benzene rings is 1. The van der Waals surface area contributed by atoms with Gasteiger partial charge in [0.15, 0.2) is 0 Å². The fourth-order valence-corrected chi connectivity index (χ4v) is 4.57. The second-order valence-electron chi connectivity index (χ2n) is 6.49. The van der Waals surface area contributed by atoms with Crippen molar-refractivity contribution in [1.29, 1.82) is 0 Å². The topological polar surface area (TPSA) is 52.0 Å². The molecule has 3 heterocycles. The molecule has 0 aliphatic carbocycles. The van der Waals surface area contributed by atoms with Crippen molar-refractivity contribution in [2.45, 2.75) is 25.6 Å². The van der Waals surface area contributed by atoms with Gasteiger partial charge >= 0.3 is 0 Å². The van der Waals surface area contributed by atoms with Crippen LogP contribution in [-0.4, -0.2) is 21.9 Å². The summed E-state index contributed by atoms with van der Waals surface area (Å²) in [5, 5.41) is 15.5. The SMILES string of the molecule is COc1ccc(CN[C@H](Cc2ccsc2)c2nccs2)cc1Cn1cccn1. The zero-order valence-electron chi connectivity index (χ0n) is 15.6. The van der Waals surface area contributed by atoms with Crippen LogP contribution in [0.3, 0.4) is 0 Å². The van der Waals surface area contributed by atoms with E-state index in [1.165, 1.54) is 11.1 Å². The van der Waals surface area contributed by atoms with E-state index in [0.29, 0.717) is 6.54 Å². The van der Waals surface area contributed by atoms with E-state index in [1.807, 2.05) is 34.6 Å². The molecule has 4 rings (SSSR count). The summed E-state index contributed by atoms with van der Waals surface area (Å²) in [6, 6.07) is 10.7. The third kappa shape index (κ3) is 4.67.